The molecular weight excluding hydrogens is 512 g/mol. The van der Waals surface area contributed by atoms with Crippen LogP contribution in [0, 0.1) is 19.8 Å². The van der Waals surface area contributed by atoms with E-state index in [1.54, 1.807) is 0 Å². The Morgan fingerprint density at radius 1 is 0.595 bits per heavy atom. The van der Waals surface area contributed by atoms with Gasteiger partial charge < -0.3 is 4.98 Å². The maximum Gasteiger partial charge on any atom is 0.138 e. The summed E-state index contributed by atoms with van der Waals surface area (Å²) in [7, 11) is 0. The van der Waals surface area contributed by atoms with Crippen molar-refractivity contribution < 1.29 is 0 Å². The smallest absolute Gasteiger partial charge is 0.138 e. The summed E-state index contributed by atoms with van der Waals surface area (Å²) in [5.41, 5.74) is 9.82. The molecule has 0 aliphatic carbocycles. The first kappa shape index (κ1) is 28.1. The predicted molar refractivity (Wildman–Crippen MR) is 174 cm³/mol. The fourth-order valence-electron chi connectivity index (χ4n) is 6.48. The summed E-state index contributed by atoms with van der Waals surface area (Å²) in [4.78, 5) is 14.4. The van der Waals surface area contributed by atoms with E-state index in [4.69, 9.17) is 4.98 Å². The largest absolute Gasteiger partial charge is 0.340 e. The van der Waals surface area contributed by atoms with Crippen molar-refractivity contribution in [2.45, 2.75) is 39.8 Å². The Kier molecular flexibility index (Phi) is 8.36. The third kappa shape index (κ3) is 5.97. The number of H-pyrrole nitrogens is 1. The Hall–Kier alpha value is -3.99. The molecule has 1 fully saturated rings. The van der Waals surface area contributed by atoms with Gasteiger partial charge in [0.1, 0.15) is 5.82 Å². The van der Waals surface area contributed by atoms with Crippen LogP contribution in [-0.2, 0) is 0 Å². The van der Waals surface area contributed by atoms with Crippen molar-refractivity contribution in [3.63, 3.8) is 0 Å². The Morgan fingerprint density at radius 3 is 1.57 bits per heavy atom. The molecule has 0 amide bonds. The van der Waals surface area contributed by atoms with Crippen LogP contribution in [0.25, 0.3) is 22.6 Å². The average molecular weight is 555 g/mol. The second-order valence-corrected chi connectivity index (χ2v) is 12.1. The van der Waals surface area contributed by atoms with Crippen LogP contribution >= 0.6 is 0 Å². The normalized spacial score (nSPS) is 15.4. The zero-order valence-electron chi connectivity index (χ0n) is 25.3. The number of imidazole rings is 1. The molecule has 6 rings (SSSR count). The lowest BCUT2D eigenvalue weighted by atomic mass is 9.93. The van der Waals surface area contributed by atoms with E-state index in [-0.39, 0.29) is 12.1 Å². The third-order valence-corrected chi connectivity index (χ3v) is 8.65. The number of nitrogens with zero attached hydrogens (tertiary/aromatic N) is 3. The average Bonchev–Trinajstić information content (AvgIpc) is 3.44. The standard InChI is InChI=1S/C38H42N4/c1-27(2)36(35-34(30-19-15-28(3)16-20-30)39-38(40-35)33-21-17-29(4)18-22-33)41-23-25-42(26-24-41)37(31-11-7-5-8-12-31)32-13-9-6-10-14-32/h5-22,27,36-37H,23-26H2,1-4H3,(H,39,40). The topological polar surface area (TPSA) is 35.2 Å². The first-order chi connectivity index (χ1) is 20.5. The number of aryl methyl sites for hydroxylation is 2. The van der Waals surface area contributed by atoms with E-state index in [2.05, 4.69) is 152 Å². The lowest BCUT2D eigenvalue weighted by Gasteiger charge is -2.43. The van der Waals surface area contributed by atoms with Gasteiger partial charge in [-0.1, -0.05) is 134 Å². The van der Waals surface area contributed by atoms with E-state index in [1.165, 1.54) is 33.5 Å². The summed E-state index contributed by atoms with van der Waals surface area (Å²) in [5.74, 6) is 1.36. The minimum absolute atomic E-state index is 0.238. The lowest BCUT2D eigenvalue weighted by Crippen LogP contribution is -2.49. The minimum atomic E-state index is 0.238. The molecule has 1 atom stereocenters. The number of rotatable bonds is 8. The maximum absolute atomic E-state index is 5.24. The van der Waals surface area contributed by atoms with E-state index in [0.717, 1.165) is 43.3 Å². The van der Waals surface area contributed by atoms with E-state index in [0.29, 0.717) is 5.92 Å². The van der Waals surface area contributed by atoms with Crippen molar-refractivity contribution in [1.82, 2.24) is 19.8 Å². The molecule has 1 N–H and O–H groups in total. The Morgan fingerprint density at radius 2 is 1.07 bits per heavy atom. The summed E-state index contributed by atoms with van der Waals surface area (Å²) in [6.07, 6.45) is 0. The van der Waals surface area contributed by atoms with E-state index in [1.807, 2.05) is 0 Å². The van der Waals surface area contributed by atoms with Gasteiger partial charge >= 0.3 is 0 Å². The minimum Gasteiger partial charge on any atom is -0.340 e. The first-order valence-electron chi connectivity index (χ1n) is 15.3. The second-order valence-electron chi connectivity index (χ2n) is 12.1. The monoisotopic (exact) mass is 554 g/mol. The van der Waals surface area contributed by atoms with Gasteiger partial charge in [0.05, 0.1) is 23.5 Å². The highest BCUT2D eigenvalue weighted by Crippen LogP contribution is 2.38. The number of hydrogen-bond acceptors (Lipinski definition) is 3. The number of aromatic amines is 1. The summed E-state index contributed by atoms with van der Waals surface area (Å²) in [6.45, 7) is 13.0. The number of aromatic nitrogens is 2. The summed E-state index contributed by atoms with van der Waals surface area (Å²) in [5, 5.41) is 0. The van der Waals surface area contributed by atoms with Crippen LogP contribution in [0.3, 0.4) is 0 Å². The summed E-state index contributed by atoms with van der Waals surface area (Å²) >= 11 is 0. The van der Waals surface area contributed by atoms with Gasteiger partial charge in [0.25, 0.3) is 0 Å². The molecule has 0 radical (unpaired) electrons. The Balaban J connectivity index is 1.32. The number of benzene rings is 4. The first-order valence-corrected chi connectivity index (χ1v) is 15.3. The van der Waals surface area contributed by atoms with Crippen LogP contribution in [-0.4, -0.2) is 45.9 Å². The van der Waals surface area contributed by atoms with Gasteiger partial charge in [0.15, 0.2) is 0 Å². The zero-order chi connectivity index (χ0) is 29.1. The number of hydrogen-bond donors (Lipinski definition) is 1. The van der Waals surface area contributed by atoms with Crippen molar-refractivity contribution in [2.75, 3.05) is 26.2 Å². The van der Waals surface area contributed by atoms with Gasteiger partial charge in [-0.05, 0) is 30.9 Å². The highest BCUT2D eigenvalue weighted by molar-refractivity contribution is 5.68. The van der Waals surface area contributed by atoms with E-state index >= 15 is 0 Å². The quantitative estimate of drug-likeness (QED) is 0.209. The molecule has 1 aliphatic heterocycles. The summed E-state index contributed by atoms with van der Waals surface area (Å²) < 4.78 is 0. The number of nitrogens with one attached hydrogen (secondary N) is 1. The van der Waals surface area contributed by atoms with Crippen LogP contribution in [0.2, 0.25) is 0 Å². The molecule has 214 valence electrons. The molecule has 1 aromatic heterocycles. The van der Waals surface area contributed by atoms with Crippen molar-refractivity contribution in [2.24, 2.45) is 5.92 Å². The molecule has 4 nitrogen and oxygen atoms in total. The SMILES string of the molecule is Cc1ccc(-c2nc(-c3ccc(C)cc3)c(C(C(C)C)N3CCN(C(c4ccccc4)c4ccccc4)CC3)[nH]2)cc1. The molecular formula is C38H42N4. The van der Waals surface area contributed by atoms with Crippen molar-refractivity contribution in [1.29, 1.82) is 0 Å². The molecule has 0 spiro atoms. The Labute approximate surface area is 251 Å². The molecule has 1 unspecified atom stereocenters. The van der Waals surface area contributed by atoms with Crippen LogP contribution in [0.15, 0.2) is 109 Å². The van der Waals surface area contributed by atoms with Gasteiger partial charge in [0.2, 0.25) is 0 Å². The van der Waals surface area contributed by atoms with E-state index in [9.17, 15) is 0 Å². The molecule has 42 heavy (non-hydrogen) atoms. The fraction of sp³-hybridized carbons (Fsp3) is 0.289. The van der Waals surface area contributed by atoms with Gasteiger partial charge in [-0.3, -0.25) is 9.80 Å². The molecule has 1 saturated heterocycles. The predicted octanol–water partition coefficient (Wildman–Crippen LogP) is 8.46. The maximum atomic E-state index is 5.24. The van der Waals surface area contributed by atoms with Gasteiger partial charge in [-0.15, -0.1) is 0 Å². The molecule has 0 saturated carbocycles. The lowest BCUT2D eigenvalue weighted by molar-refractivity contribution is 0.0604. The van der Waals surface area contributed by atoms with Gasteiger partial charge in [-0.25, -0.2) is 4.98 Å². The molecule has 5 aromatic rings. The van der Waals surface area contributed by atoms with Crippen molar-refractivity contribution >= 4 is 0 Å². The van der Waals surface area contributed by atoms with Crippen molar-refractivity contribution in [3.8, 4) is 22.6 Å². The molecule has 0 bridgehead atoms. The van der Waals surface area contributed by atoms with Crippen LogP contribution in [0.1, 0.15) is 53.9 Å². The summed E-state index contributed by atoms with van der Waals surface area (Å²) in [6, 6.07) is 39.9. The van der Waals surface area contributed by atoms with Gasteiger partial charge in [-0.2, -0.15) is 0 Å². The molecule has 4 heteroatoms. The molecule has 2 heterocycles. The van der Waals surface area contributed by atoms with Gasteiger partial charge in [0, 0.05) is 37.3 Å². The van der Waals surface area contributed by atoms with Crippen LogP contribution < -0.4 is 0 Å². The van der Waals surface area contributed by atoms with E-state index < -0.39 is 0 Å². The molecule has 1 aliphatic rings. The zero-order valence-corrected chi connectivity index (χ0v) is 25.3. The highest BCUT2D eigenvalue weighted by atomic mass is 15.3. The second kappa shape index (κ2) is 12.5. The van der Waals surface area contributed by atoms with Crippen LogP contribution in [0.5, 0.6) is 0 Å². The fourth-order valence-corrected chi connectivity index (χ4v) is 6.48. The Bertz CT molecular complexity index is 1520. The highest BCUT2D eigenvalue weighted by Gasteiger charge is 2.34. The third-order valence-electron chi connectivity index (χ3n) is 8.65. The number of piperazine rings is 1. The van der Waals surface area contributed by atoms with Crippen LogP contribution in [0.4, 0.5) is 0 Å². The molecule has 4 aromatic carbocycles. The van der Waals surface area contributed by atoms with Crippen molar-refractivity contribution in [3.05, 3.63) is 137 Å².